The average molecular weight is 383 g/mol. The Morgan fingerprint density at radius 2 is 1.69 bits per heavy atom. The number of alkyl halides is 2. The number of hydrazone groups is 1. The molecule has 2 rings (SSSR count). The highest BCUT2D eigenvalue weighted by Gasteiger charge is 2.29. The van der Waals surface area contributed by atoms with Crippen molar-refractivity contribution < 1.29 is 23.0 Å². The Balaban J connectivity index is 1.91. The fourth-order valence-electron chi connectivity index (χ4n) is 1.88. The molecule has 8 heteroatoms. The molecular formula is C18H17ClF2N2O3. The quantitative estimate of drug-likeness (QED) is 0.575. The van der Waals surface area contributed by atoms with Gasteiger partial charge in [-0.2, -0.15) is 13.9 Å². The first-order chi connectivity index (χ1) is 12.3. The van der Waals surface area contributed by atoms with Gasteiger partial charge in [0.1, 0.15) is 11.5 Å². The van der Waals surface area contributed by atoms with E-state index in [4.69, 9.17) is 16.3 Å². The van der Waals surface area contributed by atoms with Crippen LogP contribution in [-0.2, 0) is 4.79 Å². The largest absolute Gasteiger partial charge is 0.478 e. The number of benzene rings is 2. The van der Waals surface area contributed by atoms with Gasteiger partial charge in [-0.25, -0.2) is 5.43 Å². The van der Waals surface area contributed by atoms with E-state index in [2.05, 4.69) is 15.3 Å². The number of rotatable bonds is 7. The number of hydrogen-bond acceptors (Lipinski definition) is 4. The van der Waals surface area contributed by atoms with Gasteiger partial charge >= 0.3 is 6.61 Å². The molecule has 0 spiro atoms. The molecule has 0 bridgehead atoms. The van der Waals surface area contributed by atoms with Crippen molar-refractivity contribution in [2.24, 2.45) is 5.10 Å². The van der Waals surface area contributed by atoms with Crippen molar-refractivity contribution in [3.05, 3.63) is 59.1 Å². The van der Waals surface area contributed by atoms with Gasteiger partial charge in [0.2, 0.25) is 0 Å². The Hall–Kier alpha value is -2.67. The molecule has 0 aliphatic heterocycles. The van der Waals surface area contributed by atoms with E-state index in [0.29, 0.717) is 16.3 Å². The molecule has 138 valence electrons. The molecule has 5 nitrogen and oxygen atoms in total. The number of nitrogens with one attached hydrogen (secondary N) is 1. The Kier molecular flexibility index (Phi) is 6.52. The number of nitrogens with zero attached hydrogens (tertiary/aromatic N) is 1. The molecule has 0 aliphatic rings. The van der Waals surface area contributed by atoms with Crippen molar-refractivity contribution in [1.82, 2.24) is 5.43 Å². The van der Waals surface area contributed by atoms with Gasteiger partial charge in [0.05, 0.1) is 6.21 Å². The Morgan fingerprint density at radius 1 is 1.12 bits per heavy atom. The molecule has 1 N–H and O–H groups in total. The Morgan fingerprint density at radius 3 is 2.27 bits per heavy atom. The van der Waals surface area contributed by atoms with E-state index in [1.165, 1.54) is 30.5 Å². The number of ether oxygens (including phenoxy) is 2. The fourth-order valence-corrected chi connectivity index (χ4v) is 2.00. The molecule has 2 aromatic carbocycles. The standard InChI is InChI=1S/C18H17ClF2N2O3/c1-18(2,26-15-9-5-13(19)6-10-15)16(24)23-22-11-12-3-7-14(8-4-12)25-17(20)21/h3-11,17H,1-2H3,(H,23,24). The molecule has 0 unspecified atom stereocenters. The SMILES string of the molecule is CC(C)(Oc1ccc(Cl)cc1)C(=O)NN=Cc1ccc(OC(F)F)cc1. The highest BCUT2D eigenvalue weighted by molar-refractivity contribution is 6.30. The van der Waals surface area contributed by atoms with E-state index in [1.54, 1.807) is 38.1 Å². The van der Waals surface area contributed by atoms with Gasteiger partial charge in [-0.05, 0) is 67.9 Å². The highest BCUT2D eigenvalue weighted by Crippen LogP contribution is 2.21. The van der Waals surface area contributed by atoms with E-state index >= 15 is 0 Å². The minimum absolute atomic E-state index is 0.0404. The normalized spacial score (nSPS) is 11.6. The van der Waals surface area contributed by atoms with Crippen molar-refractivity contribution in [3.8, 4) is 11.5 Å². The van der Waals surface area contributed by atoms with Crippen LogP contribution >= 0.6 is 11.6 Å². The Labute approximate surface area is 154 Å². The fraction of sp³-hybridized carbons (Fsp3) is 0.222. The van der Waals surface area contributed by atoms with E-state index in [-0.39, 0.29) is 5.75 Å². The van der Waals surface area contributed by atoms with Gasteiger partial charge in [0.25, 0.3) is 5.91 Å². The lowest BCUT2D eigenvalue weighted by atomic mass is 10.1. The van der Waals surface area contributed by atoms with Crippen molar-refractivity contribution >= 4 is 23.7 Å². The van der Waals surface area contributed by atoms with Gasteiger partial charge in [-0.15, -0.1) is 0 Å². The number of halogens is 3. The summed E-state index contributed by atoms with van der Waals surface area (Å²) in [5.41, 5.74) is 1.81. The molecule has 0 aliphatic carbocycles. The summed E-state index contributed by atoms with van der Waals surface area (Å²) in [5, 5.41) is 4.40. The third-order valence-corrected chi connectivity index (χ3v) is 3.47. The van der Waals surface area contributed by atoms with E-state index in [1.807, 2.05) is 0 Å². The summed E-state index contributed by atoms with van der Waals surface area (Å²) in [5.74, 6) is 0.0770. The van der Waals surface area contributed by atoms with Crippen LogP contribution in [-0.4, -0.2) is 24.3 Å². The number of amides is 1. The van der Waals surface area contributed by atoms with Crippen LogP contribution in [0.1, 0.15) is 19.4 Å². The lowest BCUT2D eigenvalue weighted by Crippen LogP contribution is -2.44. The first kappa shape index (κ1) is 19.7. The molecule has 1 amide bonds. The van der Waals surface area contributed by atoms with Crippen molar-refractivity contribution in [3.63, 3.8) is 0 Å². The molecule has 0 fully saturated rings. The third-order valence-electron chi connectivity index (χ3n) is 3.22. The average Bonchev–Trinajstić information content (AvgIpc) is 2.58. The van der Waals surface area contributed by atoms with Crippen LogP contribution in [0, 0.1) is 0 Å². The number of carbonyl (C=O) groups excluding carboxylic acids is 1. The van der Waals surface area contributed by atoms with Gasteiger partial charge in [0.15, 0.2) is 5.60 Å². The third kappa shape index (κ3) is 6.00. The van der Waals surface area contributed by atoms with E-state index in [9.17, 15) is 13.6 Å². The molecule has 0 saturated carbocycles. The Bertz CT molecular complexity index is 763. The van der Waals surface area contributed by atoms with Crippen LogP contribution in [0.4, 0.5) is 8.78 Å². The summed E-state index contributed by atoms with van der Waals surface area (Å²) in [7, 11) is 0. The molecule has 26 heavy (non-hydrogen) atoms. The highest BCUT2D eigenvalue weighted by atomic mass is 35.5. The molecular weight excluding hydrogens is 366 g/mol. The maximum atomic E-state index is 12.2. The van der Waals surface area contributed by atoms with E-state index < -0.39 is 18.1 Å². The van der Waals surface area contributed by atoms with E-state index in [0.717, 1.165) is 0 Å². The molecule has 0 saturated heterocycles. The summed E-state index contributed by atoms with van der Waals surface area (Å²) in [6, 6.07) is 12.4. The first-order valence-corrected chi connectivity index (χ1v) is 7.97. The van der Waals surface area contributed by atoms with Gasteiger partial charge in [-0.1, -0.05) is 11.6 Å². The van der Waals surface area contributed by atoms with Crippen molar-refractivity contribution in [2.45, 2.75) is 26.1 Å². The second-order valence-corrected chi connectivity index (χ2v) is 6.15. The maximum Gasteiger partial charge on any atom is 0.387 e. The van der Waals surface area contributed by atoms with Gasteiger partial charge in [-0.3, -0.25) is 4.79 Å². The maximum absolute atomic E-state index is 12.2. The molecule has 0 atom stereocenters. The number of carbonyl (C=O) groups is 1. The molecule has 0 aromatic heterocycles. The van der Waals surface area contributed by atoms with Crippen LogP contribution in [0.15, 0.2) is 53.6 Å². The van der Waals surface area contributed by atoms with Crippen LogP contribution in [0.25, 0.3) is 0 Å². The zero-order valence-corrected chi connectivity index (χ0v) is 14.8. The second kappa shape index (κ2) is 8.62. The van der Waals surface area contributed by atoms with Crippen LogP contribution in [0.5, 0.6) is 11.5 Å². The molecule has 0 heterocycles. The minimum Gasteiger partial charge on any atom is -0.478 e. The summed E-state index contributed by atoms with van der Waals surface area (Å²) in [6.07, 6.45) is 1.38. The first-order valence-electron chi connectivity index (χ1n) is 7.59. The van der Waals surface area contributed by atoms with Crippen LogP contribution < -0.4 is 14.9 Å². The minimum atomic E-state index is -2.88. The predicted octanol–water partition coefficient (Wildman–Crippen LogP) is 4.25. The lowest BCUT2D eigenvalue weighted by molar-refractivity contribution is -0.134. The number of hydrogen-bond donors (Lipinski definition) is 1. The smallest absolute Gasteiger partial charge is 0.387 e. The van der Waals surface area contributed by atoms with Crippen molar-refractivity contribution in [1.29, 1.82) is 0 Å². The van der Waals surface area contributed by atoms with Gasteiger partial charge < -0.3 is 9.47 Å². The summed E-state index contributed by atoms with van der Waals surface area (Å²) in [6.45, 7) is 0.322. The topological polar surface area (TPSA) is 59.9 Å². The van der Waals surface area contributed by atoms with Crippen molar-refractivity contribution in [2.75, 3.05) is 0 Å². The summed E-state index contributed by atoms with van der Waals surface area (Å²) in [4.78, 5) is 12.2. The molecule has 2 aromatic rings. The zero-order valence-electron chi connectivity index (χ0n) is 14.1. The van der Waals surface area contributed by atoms with Crippen LogP contribution in [0.2, 0.25) is 5.02 Å². The summed E-state index contributed by atoms with van der Waals surface area (Å²) < 4.78 is 34.1. The monoisotopic (exact) mass is 382 g/mol. The molecule has 0 radical (unpaired) electrons. The zero-order chi connectivity index (χ0) is 19.2. The lowest BCUT2D eigenvalue weighted by Gasteiger charge is -2.24. The van der Waals surface area contributed by atoms with Crippen LogP contribution in [0.3, 0.4) is 0 Å². The second-order valence-electron chi connectivity index (χ2n) is 5.71. The van der Waals surface area contributed by atoms with Gasteiger partial charge in [0, 0.05) is 5.02 Å². The predicted molar refractivity (Wildman–Crippen MR) is 95.0 cm³/mol. The summed E-state index contributed by atoms with van der Waals surface area (Å²) >= 11 is 5.81.